The predicted molar refractivity (Wildman–Crippen MR) is 84.3 cm³/mol. The first-order chi connectivity index (χ1) is 10.5. The van der Waals surface area contributed by atoms with Crippen LogP contribution in [0.15, 0.2) is 47.4 Å². The number of benzene rings is 2. The molecule has 22 heavy (non-hydrogen) atoms. The van der Waals surface area contributed by atoms with Crippen molar-refractivity contribution in [3.8, 4) is 0 Å². The predicted octanol–water partition coefficient (Wildman–Crippen LogP) is 2.96. The molecule has 0 radical (unpaired) electrons. The number of fused-ring (bicyclic) bond motifs is 1. The molecule has 3 rings (SSSR count). The van der Waals surface area contributed by atoms with Crippen LogP contribution in [0, 0.1) is 0 Å². The Morgan fingerprint density at radius 2 is 1.86 bits per heavy atom. The van der Waals surface area contributed by atoms with Gasteiger partial charge in [-0.3, -0.25) is 19.3 Å². The maximum absolute atomic E-state index is 12.1. The number of hydrogen-bond acceptors (Lipinski definition) is 4. The summed E-state index contributed by atoms with van der Waals surface area (Å²) >= 11 is 0.759. The minimum atomic E-state index is -1.21. The average Bonchev–Trinajstić information content (AvgIpc) is 2.74. The second kappa shape index (κ2) is 5.65. The Balaban J connectivity index is 1.92. The highest BCUT2D eigenvalue weighted by Crippen LogP contribution is 2.32. The Labute approximate surface area is 130 Å². The maximum atomic E-state index is 12.1. The molecule has 1 fully saturated rings. The van der Waals surface area contributed by atoms with Crippen LogP contribution in [0.1, 0.15) is 5.56 Å². The first-order valence-corrected chi connectivity index (χ1v) is 7.32. The van der Waals surface area contributed by atoms with E-state index < -0.39 is 23.7 Å². The zero-order valence-electron chi connectivity index (χ0n) is 11.4. The number of rotatable bonds is 3. The molecule has 1 aliphatic heterocycles. The third kappa shape index (κ3) is 2.73. The van der Waals surface area contributed by atoms with Crippen LogP contribution in [-0.2, 0) is 9.59 Å². The summed E-state index contributed by atoms with van der Waals surface area (Å²) in [5.41, 5.74) is 0.791. The van der Waals surface area contributed by atoms with Gasteiger partial charge in [-0.15, -0.1) is 0 Å². The van der Waals surface area contributed by atoms with Crippen LogP contribution in [0.5, 0.6) is 0 Å². The highest BCUT2D eigenvalue weighted by molar-refractivity contribution is 8.18. The summed E-state index contributed by atoms with van der Waals surface area (Å²) in [6.45, 7) is -0.611. The van der Waals surface area contributed by atoms with Gasteiger partial charge in [-0.1, -0.05) is 36.4 Å². The lowest BCUT2D eigenvalue weighted by atomic mass is 10.1. The largest absolute Gasteiger partial charge is 0.480 e. The molecule has 5 nitrogen and oxygen atoms in total. The van der Waals surface area contributed by atoms with Gasteiger partial charge in [0.25, 0.3) is 11.1 Å². The SMILES string of the molecule is O=C(O)CN1C(=O)S/C(=C\c2ccc3ccccc3c2)C1=O. The fraction of sp³-hybridized carbons (Fsp3) is 0.0625. The zero-order valence-corrected chi connectivity index (χ0v) is 12.2. The molecule has 1 saturated heterocycles. The molecule has 0 aliphatic carbocycles. The molecule has 110 valence electrons. The van der Waals surface area contributed by atoms with Crippen molar-refractivity contribution in [1.82, 2.24) is 4.90 Å². The van der Waals surface area contributed by atoms with Gasteiger partial charge in [0.05, 0.1) is 4.91 Å². The molecular formula is C16H11NO4S. The van der Waals surface area contributed by atoms with Crippen molar-refractivity contribution in [3.05, 3.63) is 52.9 Å². The molecule has 0 saturated carbocycles. The molecule has 0 unspecified atom stereocenters. The number of thioether (sulfide) groups is 1. The first kappa shape index (κ1) is 14.3. The topological polar surface area (TPSA) is 74.7 Å². The van der Waals surface area contributed by atoms with Crippen molar-refractivity contribution in [2.24, 2.45) is 0 Å². The molecule has 2 aromatic rings. The van der Waals surface area contributed by atoms with E-state index in [1.807, 2.05) is 42.5 Å². The minimum absolute atomic E-state index is 0.238. The van der Waals surface area contributed by atoms with E-state index in [1.54, 1.807) is 6.08 Å². The van der Waals surface area contributed by atoms with Crippen LogP contribution in [0.3, 0.4) is 0 Å². The number of carboxylic acids is 1. The number of hydrogen-bond donors (Lipinski definition) is 1. The molecule has 2 aromatic carbocycles. The van der Waals surface area contributed by atoms with Crippen LogP contribution in [0.25, 0.3) is 16.8 Å². The van der Waals surface area contributed by atoms with Crippen LogP contribution < -0.4 is 0 Å². The fourth-order valence-corrected chi connectivity index (χ4v) is 3.06. The first-order valence-electron chi connectivity index (χ1n) is 6.50. The van der Waals surface area contributed by atoms with E-state index in [9.17, 15) is 14.4 Å². The van der Waals surface area contributed by atoms with Gasteiger partial charge in [0.1, 0.15) is 6.54 Å². The van der Waals surface area contributed by atoms with Crippen LogP contribution in [-0.4, -0.2) is 33.7 Å². The molecular weight excluding hydrogens is 302 g/mol. The van der Waals surface area contributed by atoms with E-state index in [4.69, 9.17) is 5.11 Å². The third-order valence-corrected chi connectivity index (χ3v) is 4.15. The van der Waals surface area contributed by atoms with E-state index in [-0.39, 0.29) is 4.91 Å². The van der Waals surface area contributed by atoms with Crippen molar-refractivity contribution in [2.75, 3.05) is 6.54 Å². The normalized spacial score (nSPS) is 16.7. The standard InChI is InChI=1S/C16H11NO4S/c18-14(19)9-17-15(20)13(22-16(17)21)8-10-5-6-11-3-1-2-4-12(11)7-10/h1-8H,9H2,(H,18,19)/b13-8-. The highest BCUT2D eigenvalue weighted by Gasteiger charge is 2.36. The van der Waals surface area contributed by atoms with Crippen LogP contribution in [0.4, 0.5) is 4.79 Å². The lowest BCUT2D eigenvalue weighted by molar-refractivity contribution is -0.140. The van der Waals surface area contributed by atoms with Gasteiger partial charge in [0.2, 0.25) is 0 Å². The number of nitrogens with zero attached hydrogens (tertiary/aromatic N) is 1. The van der Waals surface area contributed by atoms with Crippen molar-refractivity contribution >= 4 is 45.7 Å². The molecule has 0 bridgehead atoms. The molecule has 1 aliphatic rings. The number of carbonyl (C=O) groups excluding carboxylic acids is 2. The Kier molecular flexibility index (Phi) is 3.68. The summed E-state index contributed by atoms with van der Waals surface area (Å²) in [5, 5.41) is 10.3. The van der Waals surface area contributed by atoms with Gasteiger partial charge in [0, 0.05) is 0 Å². The average molecular weight is 313 g/mol. The van der Waals surface area contributed by atoms with Gasteiger partial charge in [0.15, 0.2) is 0 Å². The molecule has 1 heterocycles. The lowest BCUT2D eigenvalue weighted by Crippen LogP contribution is -2.33. The highest BCUT2D eigenvalue weighted by atomic mass is 32.2. The molecule has 0 atom stereocenters. The quantitative estimate of drug-likeness (QED) is 0.882. The summed E-state index contributed by atoms with van der Waals surface area (Å²) in [6.07, 6.45) is 1.61. The number of carbonyl (C=O) groups is 3. The van der Waals surface area contributed by atoms with E-state index in [2.05, 4.69) is 0 Å². The Hall–Kier alpha value is -2.60. The van der Waals surface area contributed by atoms with Crippen LogP contribution >= 0.6 is 11.8 Å². The number of carboxylic acid groups (broad SMARTS) is 1. The molecule has 2 amide bonds. The monoisotopic (exact) mass is 313 g/mol. The Morgan fingerprint density at radius 1 is 1.14 bits per heavy atom. The van der Waals surface area contributed by atoms with Gasteiger partial charge >= 0.3 is 5.97 Å². The lowest BCUT2D eigenvalue weighted by Gasteiger charge is -2.07. The molecule has 6 heteroatoms. The second-order valence-electron chi connectivity index (χ2n) is 4.77. The fourth-order valence-electron chi connectivity index (χ4n) is 2.22. The van der Waals surface area contributed by atoms with Crippen LogP contribution in [0.2, 0.25) is 0 Å². The van der Waals surface area contributed by atoms with Crippen molar-refractivity contribution in [2.45, 2.75) is 0 Å². The second-order valence-corrected chi connectivity index (χ2v) is 5.76. The minimum Gasteiger partial charge on any atom is -0.480 e. The molecule has 0 spiro atoms. The third-order valence-electron chi connectivity index (χ3n) is 3.24. The number of amides is 2. The smallest absolute Gasteiger partial charge is 0.323 e. The van der Waals surface area contributed by atoms with Crippen molar-refractivity contribution in [3.63, 3.8) is 0 Å². The maximum Gasteiger partial charge on any atom is 0.323 e. The van der Waals surface area contributed by atoms with E-state index in [0.29, 0.717) is 0 Å². The van der Waals surface area contributed by atoms with E-state index in [0.717, 1.165) is 33.0 Å². The van der Waals surface area contributed by atoms with Gasteiger partial charge in [-0.05, 0) is 40.2 Å². The number of aliphatic carboxylic acids is 1. The van der Waals surface area contributed by atoms with Gasteiger partial charge < -0.3 is 5.11 Å². The summed E-state index contributed by atoms with van der Waals surface area (Å²) in [7, 11) is 0. The summed E-state index contributed by atoms with van der Waals surface area (Å²) in [4.78, 5) is 35.4. The van der Waals surface area contributed by atoms with Gasteiger partial charge in [-0.25, -0.2) is 0 Å². The summed E-state index contributed by atoms with van der Waals surface area (Å²) < 4.78 is 0. The van der Waals surface area contributed by atoms with Crippen molar-refractivity contribution in [1.29, 1.82) is 0 Å². The zero-order chi connectivity index (χ0) is 15.7. The summed E-state index contributed by atoms with van der Waals surface area (Å²) in [5.74, 6) is -1.78. The molecule has 0 aromatic heterocycles. The van der Waals surface area contributed by atoms with E-state index >= 15 is 0 Å². The van der Waals surface area contributed by atoms with Crippen molar-refractivity contribution < 1.29 is 19.5 Å². The number of imide groups is 1. The summed E-state index contributed by atoms with van der Waals surface area (Å²) in [6, 6.07) is 13.5. The van der Waals surface area contributed by atoms with E-state index in [1.165, 1.54) is 0 Å². The van der Waals surface area contributed by atoms with Gasteiger partial charge in [-0.2, -0.15) is 0 Å². The Morgan fingerprint density at radius 3 is 2.59 bits per heavy atom. The Bertz CT molecular complexity index is 828. The molecule has 1 N–H and O–H groups in total.